The molecule has 0 fully saturated rings. The van der Waals surface area contributed by atoms with E-state index in [9.17, 15) is 14.9 Å². The van der Waals surface area contributed by atoms with E-state index in [0.717, 1.165) is 11.3 Å². The van der Waals surface area contributed by atoms with Gasteiger partial charge in [-0.05, 0) is 41.8 Å². The van der Waals surface area contributed by atoms with Gasteiger partial charge in [-0.2, -0.15) is 0 Å². The minimum Gasteiger partial charge on any atom is -0.457 e. The van der Waals surface area contributed by atoms with Crippen molar-refractivity contribution in [2.75, 3.05) is 6.54 Å². The van der Waals surface area contributed by atoms with Crippen LogP contribution >= 0.6 is 11.6 Å². The number of carbonyl (C=O) groups excluding carboxylic acids is 1. The zero-order valence-electron chi connectivity index (χ0n) is 17.3. The van der Waals surface area contributed by atoms with Gasteiger partial charge in [-0.3, -0.25) is 14.9 Å². The highest BCUT2D eigenvalue weighted by molar-refractivity contribution is 6.34. The molecule has 0 unspecified atom stereocenters. The van der Waals surface area contributed by atoms with Crippen molar-refractivity contribution in [3.63, 3.8) is 0 Å². The summed E-state index contributed by atoms with van der Waals surface area (Å²) in [7, 11) is 0. The van der Waals surface area contributed by atoms with E-state index in [1.54, 1.807) is 4.90 Å². The molecule has 0 aliphatic carbocycles. The van der Waals surface area contributed by atoms with Gasteiger partial charge in [0, 0.05) is 25.2 Å². The van der Waals surface area contributed by atoms with Crippen molar-refractivity contribution in [1.29, 1.82) is 0 Å². The fourth-order valence-corrected chi connectivity index (χ4v) is 3.43. The average molecular weight is 439 g/mol. The van der Waals surface area contributed by atoms with Crippen molar-refractivity contribution in [2.24, 2.45) is 5.92 Å². The number of hydrogen-bond acceptors (Lipinski definition) is 4. The third kappa shape index (κ3) is 6.06. The highest BCUT2D eigenvalue weighted by atomic mass is 35.5. The smallest absolute Gasteiger partial charge is 0.270 e. The Morgan fingerprint density at radius 3 is 2.39 bits per heavy atom. The van der Waals surface area contributed by atoms with Gasteiger partial charge in [0.2, 0.25) is 0 Å². The van der Waals surface area contributed by atoms with E-state index >= 15 is 0 Å². The first kappa shape index (κ1) is 22.3. The van der Waals surface area contributed by atoms with Crippen LogP contribution in [0.2, 0.25) is 5.02 Å². The van der Waals surface area contributed by atoms with Crippen LogP contribution in [0, 0.1) is 16.0 Å². The summed E-state index contributed by atoms with van der Waals surface area (Å²) in [4.78, 5) is 25.3. The minimum absolute atomic E-state index is 0.0640. The molecular formula is C24H23ClN2O4. The van der Waals surface area contributed by atoms with Crippen LogP contribution in [-0.4, -0.2) is 22.3 Å². The third-order valence-electron chi connectivity index (χ3n) is 4.52. The van der Waals surface area contributed by atoms with Crippen LogP contribution in [0.1, 0.15) is 29.8 Å². The minimum atomic E-state index is -0.537. The van der Waals surface area contributed by atoms with Crippen LogP contribution in [0.25, 0.3) is 0 Å². The van der Waals surface area contributed by atoms with Crippen molar-refractivity contribution in [3.05, 3.63) is 99.1 Å². The van der Waals surface area contributed by atoms with Gasteiger partial charge in [0.25, 0.3) is 11.6 Å². The van der Waals surface area contributed by atoms with E-state index in [0.29, 0.717) is 18.8 Å². The molecule has 3 aromatic carbocycles. The van der Waals surface area contributed by atoms with Crippen molar-refractivity contribution >= 4 is 23.2 Å². The van der Waals surface area contributed by atoms with Crippen LogP contribution in [0.3, 0.4) is 0 Å². The molecule has 0 saturated heterocycles. The SMILES string of the molecule is CC(C)CN(Cc1cccc(Oc2ccccc2)c1)C(=O)c1ccc([N+](=O)[O-])cc1Cl. The van der Waals surface area contributed by atoms with Crippen molar-refractivity contribution in [2.45, 2.75) is 20.4 Å². The molecule has 0 N–H and O–H groups in total. The normalized spacial score (nSPS) is 10.7. The molecule has 0 radical (unpaired) electrons. The first-order valence-electron chi connectivity index (χ1n) is 9.88. The lowest BCUT2D eigenvalue weighted by atomic mass is 10.1. The van der Waals surface area contributed by atoms with Crippen LogP contribution in [-0.2, 0) is 6.54 Å². The Balaban J connectivity index is 1.82. The van der Waals surface area contributed by atoms with Gasteiger partial charge in [0.1, 0.15) is 11.5 Å². The van der Waals surface area contributed by atoms with E-state index in [4.69, 9.17) is 16.3 Å². The summed E-state index contributed by atoms with van der Waals surface area (Å²) in [6.45, 7) is 4.91. The topological polar surface area (TPSA) is 72.7 Å². The summed E-state index contributed by atoms with van der Waals surface area (Å²) in [5.74, 6) is 1.36. The molecule has 0 atom stereocenters. The van der Waals surface area contributed by atoms with Gasteiger partial charge in [0.05, 0.1) is 15.5 Å². The molecule has 3 rings (SSSR count). The van der Waals surface area contributed by atoms with E-state index in [1.165, 1.54) is 18.2 Å². The molecule has 3 aromatic rings. The average Bonchev–Trinajstić information content (AvgIpc) is 2.73. The molecular weight excluding hydrogens is 416 g/mol. The Labute approximate surface area is 186 Å². The predicted octanol–water partition coefficient (Wildman–Crippen LogP) is 6.34. The number of benzene rings is 3. The van der Waals surface area contributed by atoms with Crippen LogP contribution in [0.15, 0.2) is 72.8 Å². The number of nitro groups is 1. The first-order valence-corrected chi connectivity index (χ1v) is 10.3. The lowest BCUT2D eigenvalue weighted by molar-refractivity contribution is -0.384. The molecule has 0 saturated carbocycles. The standard InChI is InChI=1S/C24H23ClN2O4/c1-17(2)15-26(24(28)22-12-11-19(27(29)30)14-23(22)25)16-18-7-6-10-21(13-18)31-20-8-4-3-5-9-20/h3-14,17H,15-16H2,1-2H3. The fraction of sp³-hybridized carbons (Fsp3) is 0.208. The highest BCUT2D eigenvalue weighted by Crippen LogP contribution is 2.26. The summed E-state index contributed by atoms with van der Waals surface area (Å²) in [5.41, 5.74) is 0.993. The maximum Gasteiger partial charge on any atom is 0.270 e. The second kappa shape index (κ2) is 10.1. The van der Waals surface area contributed by atoms with Crippen molar-refractivity contribution in [1.82, 2.24) is 4.90 Å². The van der Waals surface area contributed by atoms with Gasteiger partial charge in [-0.25, -0.2) is 0 Å². The van der Waals surface area contributed by atoms with Crippen LogP contribution in [0.4, 0.5) is 5.69 Å². The number of carbonyl (C=O) groups is 1. The fourth-order valence-electron chi connectivity index (χ4n) is 3.17. The number of nitrogens with zero attached hydrogens (tertiary/aromatic N) is 2. The zero-order valence-corrected chi connectivity index (χ0v) is 18.1. The molecule has 7 heteroatoms. The molecule has 31 heavy (non-hydrogen) atoms. The molecule has 0 aromatic heterocycles. The Bertz CT molecular complexity index is 1070. The van der Waals surface area contributed by atoms with Gasteiger partial charge in [-0.1, -0.05) is 55.8 Å². The molecule has 0 spiro atoms. The maximum absolute atomic E-state index is 13.2. The van der Waals surface area contributed by atoms with Gasteiger partial charge in [-0.15, -0.1) is 0 Å². The third-order valence-corrected chi connectivity index (χ3v) is 4.83. The van der Waals surface area contributed by atoms with Gasteiger partial charge < -0.3 is 9.64 Å². The molecule has 0 heterocycles. The largest absolute Gasteiger partial charge is 0.457 e. The second-order valence-corrected chi connectivity index (χ2v) is 7.97. The van der Waals surface area contributed by atoms with E-state index in [2.05, 4.69) is 0 Å². The van der Waals surface area contributed by atoms with E-state index in [1.807, 2.05) is 68.4 Å². The number of para-hydroxylation sites is 1. The monoisotopic (exact) mass is 438 g/mol. The van der Waals surface area contributed by atoms with Crippen molar-refractivity contribution in [3.8, 4) is 11.5 Å². The van der Waals surface area contributed by atoms with E-state index < -0.39 is 4.92 Å². The van der Waals surface area contributed by atoms with E-state index in [-0.39, 0.29) is 28.1 Å². The second-order valence-electron chi connectivity index (χ2n) is 7.56. The molecule has 1 amide bonds. The first-order chi connectivity index (χ1) is 14.8. The summed E-state index contributed by atoms with van der Waals surface area (Å²) in [5, 5.41) is 11.0. The zero-order chi connectivity index (χ0) is 22.4. The molecule has 160 valence electrons. The number of ether oxygens (including phenoxy) is 1. The molecule has 0 bridgehead atoms. The Morgan fingerprint density at radius 2 is 1.74 bits per heavy atom. The quantitative estimate of drug-likeness (QED) is 0.304. The lowest BCUT2D eigenvalue weighted by Crippen LogP contribution is -2.34. The summed E-state index contributed by atoms with van der Waals surface area (Å²) in [6.07, 6.45) is 0. The van der Waals surface area contributed by atoms with Gasteiger partial charge >= 0.3 is 0 Å². The van der Waals surface area contributed by atoms with Gasteiger partial charge in [0.15, 0.2) is 0 Å². The van der Waals surface area contributed by atoms with Crippen molar-refractivity contribution < 1.29 is 14.5 Å². The number of amides is 1. The summed E-state index contributed by atoms with van der Waals surface area (Å²) < 4.78 is 5.89. The summed E-state index contributed by atoms with van der Waals surface area (Å²) in [6, 6.07) is 20.9. The lowest BCUT2D eigenvalue weighted by Gasteiger charge is -2.25. The molecule has 0 aliphatic rings. The number of rotatable bonds is 8. The predicted molar refractivity (Wildman–Crippen MR) is 121 cm³/mol. The molecule has 6 nitrogen and oxygen atoms in total. The van der Waals surface area contributed by atoms with Crippen LogP contribution in [0.5, 0.6) is 11.5 Å². The Kier molecular flexibility index (Phi) is 7.26. The Morgan fingerprint density at radius 1 is 1.03 bits per heavy atom. The number of non-ortho nitro benzene ring substituents is 1. The number of halogens is 1. The number of hydrogen-bond donors (Lipinski definition) is 0. The summed E-state index contributed by atoms with van der Waals surface area (Å²) >= 11 is 6.20. The molecule has 0 aliphatic heterocycles. The maximum atomic E-state index is 13.2. The number of nitro benzene ring substituents is 1. The Hall–Kier alpha value is -3.38. The highest BCUT2D eigenvalue weighted by Gasteiger charge is 2.22. The van der Waals surface area contributed by atoms with Crippen LogP contribution < -0.4 is 4.74 Å².